The minimum absolute atomic E-state index is 0.0342. The van der Waals surface area contributed by atoms with Gasteiger partial charge in [0.2, 0.25) is 0 Å². The zero-order valence-electron chi connectivity index (χ0n) is 11.8. The van der Waals surface area contributed by atoms with E-state index in [2.05, 4.69) is 61.9 Å². The first-order chi connectivity index (χ1) is 8.45. The number of aryl methyl sites for hydroxylation is 1. The van der Waals surface area contributed by atoms with Crippen LogP contribution in [0.5, 0.6) is 0 Å². The molecule has 1 aliphatic rings. The molecule has 1 aromatic rings. The summed E-state index contributed by atoms with van der Waals surface area (Å²) in [7, 11) is 2.12. The minimum Gasteiger partial charge on any atom is -0.394 e. The van der Waals surface area contributed by atoms with Crippen LogP contribution in [0.3, 0.4) is 0 Å². The number of hydrogen-bond acceptors (Lipinski definition) is 3. The Kier molecular flexibility index (Phi) is 3.64. The molecule has 3 heteroatoms. The second-order valence-electron chi connectivity index (χ2n) is 6.00. The fourth-order valence-corrected chi connectivity index (χ4v) is 3.23. The molecule has 1 atom stereocenters. The van der Waals surface area contributed by atoms with Crippen molar-refractivity contribution >= 4 is 5.69 Å². The van der Waals surface area contributed by atoms with Gasteiger partial charge in [-0.25, -0.2) is 0 Å². The van der Waals surface area contributed by atoms with Crippen molar-refractivity contribution in [3.63, 3.8) is 0 Å². The van der Waals surface area contributed by atoms with Crippen LogP contribution < -0.4 is 4.90 Å². The van der Waals surface area contributed by atoms with Crippen molar-refractivity contribution in [2.75, 3.05) is 31.6 Å². The maximum absolute atomic E-state index is 9.70. The molecule has 0 aromatic heterocycles. The number of anilines is 1. The summed E-state index contributed by atoms with van der Waals surface area (Å²) in [5, 5.41) is 9.70. The summed E-state index contributed by atoms with van der Waals surface area (Å²) in [5.74, 6) is 0. The number of nitrogens with zero attached hydrogens (tertiary/aromatic N) is 2. The molecule has 3 nitrogen and oxygen atoms in total. The van der Waals surface area contributed by atoms with Crippen LogP contribution in [0.2, 0.25) is 0 Å². The number of rotatable bonds is 2. The summed E-state index contributed by atoms with van der Waals surface area (Å²) >= 11 is 0. The Balaban J connectivity index is 2.42. The first kappa shape index (κ1) is 13.4. The van der Waals surface area contributed by atoms with Gasteiger partial charge in [-0.15, -0.1) is 0 Å². The van der Waals surface area contributed by atoms with Crippen LogP contribution >= 0.6 is 0 Å². The molecule has 0 radical (unpaired) electrons. The number of piperazine rings is 1. The number of hydrogen-bond donors (Lipinski definition) is 1. The summed E-state index contributed by atoms with van der Waals surface area (Å²) in [6.45, 7) is 8.75. The standard InChI is InChI=1S/C15H24N2O/c1-12-7-5-6-8-14(12)17-13(10-18)9-16(4)11-15(17,2)3/h5-8,13,18H,9-11H2,1-4H3. The van der Waals surface area contributed by atoms with E-state index in [9.17, 15) is 5.11 Å². The Bertz CT molecular complexity index is 417. The molecule has 0 spiro atoms. The van der Waals surface area contributed by atoms with Gasteiger partial charge in [0.1, 0.15) is 0 Å². The molecule has 1 aromatic carbocycles. The van der Waals surface area contributed by atoms with Gasteiger partial charge >= 0.3 is 0 Å². The summed E-state index contributed by atoms with van der Waals surface area (Å²) in [4.78, 5) is 4.69. The molecule has 18 heavy (non-hydrogen) atoms. The summed E-state index contributed by atoms with van der Waals surface area (Å²) in [6.07, 6.45) is 0. The number of aliphatic hydroxyl groups is 1. The Labute approximate surface area is 110 Å². The first-order valence-electron chi connectivity index (χ1n) is 6.60. The Morgan fingerprint density at radius 2 is 2.00 bits per heavy atom. The SMILES string of the molecule is Cc1ccccc1N1C(CO)CN(C)CC1(C)C. The van der Waals surface area contributed by atoms with Gasteiger partial charge in [-0.3, -0.25) is 0 Å². The van der Waals surface area contributed by atoms with Gasteiger partial charge in [0.05, 0.1) is 12.6 Å². The fraction of sp³-hybridized carbons (Fsp3) is 0.600. The van der Waals surface area contributed by atoms with Crippen LogP contribution in [0.4, 0.5) is 5.69 Å². The average Bonchev–Trinajstić information content (AvgIpc) is 2.28. The molecule has 1 heterocycles. The zero-order valence-corrected chi connectivity index (χ0v) is 11.8. The van der Waals surface area contributed by atoms with Gasteiger partial charge in [-0.1, -0.05) is 18.2 Å². The highest BCUT2D eigenvalue weighted by Crippen LogP contribution is 2.32. The monoisotopic (exact) mass is 248 g/mol. The highest BCUT2D eigenvalue weighted by molar-refractivity contribution is 5.56. The molecule has 0 bridgehead atoms. The first-order valence-corrected chi connectivity index (χ1v) is 6.60. The number of likely N-dealkylation sites (N-methyl/N-ethyl adjacent to an activating group) is 1. The third-order valence-electron chi connectivity index (χ3n) is 3.78. The predicted molar refractivity (Wildman–Crippen MR) is 76.1 cm³/mol. The zero-order chi connectivity index (χ0) is 13.3. The van der Waals surface area contributed by atoms with Gasteiger partial charge in [0.15, 0.2) is 0 Å². The molecule has 0 saturated carbocycles. The number of aliphatic hydroxyl groups excluding tert-OH is 1. The van der Waals surface area contributed by atoms with E-state index in [1.165, 1.54) is 11.3 Å². The molecule has 0 amide bonds. The van der Waals surface area contributed by atoms with Crippen molar-refractivity contribution < 1.29 is 5.11 Å². The van der Waals surface area contributed by atoms with Crippen LogP contribution in [-0.4, -0.2) is 48.3 Å². The largest absolute Gasteiger partial charge is 0.394 e. The molecule has 1 aliphatic heterocycles. The molecule has 1 saturated heterocycles. The Hall–Kier alpha value is -1.06. The van der Waals surface area contributed by atoms with Crippen molar-refractivity contribution in [2.24, 2.45) is 0 Å². The van der Waals surface area contributed by atoms with Crippen molar-refractivity contribution in [1.29, 1.82) is 0 Å². The number of para-hydroxylation sites is 1. The van der Waals surface area contributed by atoms with E-state index in [0.29, 0.717) is 0 Å². The molecule has 0 aliphatic carbocycles. The lowest BCUT2D eigenvalue weighted by molar-refractivity contribution is 0.137. The maximum atomic E-state index is 9.70. The van der Waals surface area contributed by atoms with Gasteiger partial charge in [-0.2, -0.15) is 0 Å². The van der Waals surface area contributed by atoms with Crippen molar-refractivity contribution in [3.05, 3.63) is 29.8 Å². The number of benzene rings is 1. The topological polar surface area (TPSA) is 26.7 Å². The maximum Gasteiger partial charge on any atom is 0.0654 e. The third-order valence-corrected chi connectivity index (χ3v) is 3.78. The van der Waals surface area contributed by atoms with E-state index in [4.69, 9.17) is 0 Å². The second-order valence-corrected chi connectivity index (χ2v) is 6.00. The van der Waals surface area contributed by atoms with Gasteiger partial charge in [-0.05, 0) is 39.4 Å². The van der Waals surface area contributed by atoms with E-state index >= 15 is 0 Å². The lowest BCUT2D eigenvalue weighted by Crippen LogP contribution is -2.64. The van der Waals surface area contributed by atoms with E-state index in [0.717, 1.165) is 13.1 Å². The van der Waals surface area contributed by atoms with Crippen molar-refractivity contribution in [1.82, 2.24) is 4.90 Å². The summed E-state index contributed by atoms with van der Waals surface area (Å²) in [5.41, 5.74) is 2.55. The normalized spacial score (nSPS) is 24.3. The average molecular weight is 248 g/mol. The molecule has 1 fully saturated rings. The van der Waals surface area contributed by atoms with Crippen molar-refractivity contribution in [2.45, 2.75) is 32.4 Å². The smallest absolute Gasteiger partial charge is 0.0654 e. The van der Waals surface area contributed by atoms with E-state index in [-0.39, 0.29) is 18.2 Å². The fourth-order valence-electron chi connectivity index (χ4n) is 3.23. The third kappa shape index (κ3) is 2.38. The van der Waals surface area contributed by atoms with Crippen LogP contribution in [0, 0.1) is 6.92 Å². The highest BCUT2D eigenvalue weighted by Gasteiger charge is 2.38. The van der Waals surface area contributed by atoms with E-state index < -0.39 is 0 Å². The summed E-state index contributed by atoms with van der Waals surface area (Å²) < 4.78 is 0. The van der Waals surface area contributed by atoms with E-state index in [1.807, 2.05) is 0 Å². The van der Waals surface area contributed by atoms with Crippen LogP contribution in [0.15, 0.2) is 24.3 Å². The van der Waals surface area contributed by atoms with Crippen LogP contribution in [0.1, 0.15) is 19.4 Å². The lowest BCUT2D eigenvalue weighted by Gasteiger charge is -2.52. The molecule has 2 rings (SSSR count). The van der Waals surface area contributed by atoms with Gasteiger partial charge in [0.25, 0.3) is 0 Å². The molecule has 1 N–H and O–H groups in total. The predicted octanol–water partition coefficient (Wildman–Crippen LogP) is 1.89. The summed E-state index contributed by atoms with van der Waals surface area (Å²) in [6, 6.07) is 8.60. The molecular weight excluding hydrogens is 224 g/mol. The van der Waals surface area contributed by atoms with Crippen LogP contribution in [-0.2, 0) is 0 Å². The minimum atomic E-state index is 0.0342. The quantitative estimate of drug-likeness (QED) is 0.866. The highest BCUT2D eigenvalue weighted by atomic mass is 16.3. The van der Waals surface area contributed by atoms with Crippen molar-refractivity contribution in [3.8, 4) is 0 Å². The molecule has 1 unspecified atom stereocenters. The van der Waals surface area contributed by atoms with Crippen LogP contribution in [0.25, 0.3) is 0 Å². The molecular formula is C15H24N2O. The van der Waals surface area contributed by atoms with Gasteiger partial charge in [0, 0.05) is 24.3 Å². The van der Waals surface area contributed by atoms with Gasteiger partial charge < -0.3 is 14.9 Å². The Morgan fingerprint density at radius 3 is 2.61 bits per heavy atom. The second kappa shape index (κ2) is 4.90. The van der Waals surface area contributed by atoms with E-state index in [1.54, 1.807) is 0 Å². The lowest BCUT2D eigenvalue weighted by atomic mass is 9.93. The Morgan fingerprint density at radius 1 is 1.33 bits per heavy atom. The molecule has 100 valence electrons.